The van der Waals surface area contributed by atoms with Crippen molar-refractivity contribution in [2.75, 3.05) is 52.5 Å². The first kappa shape index (κ1) is 16.7. The van der Waals surface area contributed by atoms with Crippen LogP contribution in [0.3, 0.4) is 0 Å². The van der Waals surface area contributed by atoms with Crippen molar-refractivity contribution in [3.8, 4) is 0 Å². The van der Waals surface area contributed by atoms with E-state index in [9.17, 15) is 4.79 Å². The molecular weight excluding hydrogens is 266 g/mol. The number of rotatable bonds is 4. The van der Waals surface area contributed by atoms with Crippen LogP contribution in [0.25, 0.3) is 0 Å². The Morgan fingerprint density at radius 1 is 1.14 bits per heavy atom. The lowest BCUT2D eigenvalue weighted by molar-refractivity contribution is -0.127. The number of nitrogens with one attached hydrogen (secondary N) is 1. The summed E-state index contributed by atoms with van der Waals surface area (Å²) in [6, 6.07) is 0. The van der Waals surface area contributed by atoms with Crippen LogP contribution in [0.2, 0.25) is 0 Å². The van der Waals surface area contributed by atoms with Crippen molar-refractivity contribution >= 4 is 5.91 Å². The zero-order valence-electron chi connectivity index (χ0n) is 13.9. The second-order valence-electron chi connectivity index (χ2n) is 7.18. The number of amides is 1. The van der Waals surface area contributed by atoms with E-state index in [0.717, 1.165) is 65.3 Å². The maximum atomic E-state index is 12.2. The highest BCUT2D eigenvalue weighted by molar-refractivity contribution is 5.78. The summed E-state index contributed by atoms with van der Waals surface area (Å²) in [7, 11) is 0. The van der Waals surface area contributed by atoms with Gasteiger partial charge in [-0.1, -0.05) is 0 Å². The molecule has 5 heteroatoms. The average Bonchev–Trinajstić information content (AvgIpc) is 2.47. The minimum Gasteiger partial charge on any atom is -0.379 e. The Kier molecular flexibility index (Phi) is 6.02. The average molecular weight is 297 g/mol. The molecule has 122 valence electrons. The SMILES string of the molecule is CC(C)(C)N1CCC(C(=O)NCCN2CCOCC2)CC1. The summed E-state index contributed by atoms with van der Waals surface area (Å²) in [4.78, 5) is 17.1. The zero-order chi connectivity index (χ0) is 15.3. The minimum atomic E-state index is 0.202. The van der Waals surface area contributed by atoms with Gasteiger partial charge in [0.2, 0.25) is 5.91 Å². The van der Waals surface area contributed by atoms with Crippen LogP contribution in [0.5, 0.6) is 0 Å². The molecule has 0 aliphatic carbocycles. The van der Waals surface area contributed by atoms with Crippen LogP contribution in [0.4, 0.5) is 0 Å². The first-order valence-electron chi connectivity index (χ1n) is 8.29. The number of hydrogen-bond donors (Lipinski definition) is 1. The second kappa shape index (κ2) is 7.56. The van der Waals surface area contributed by atoms with Crippen molar-refractivity contribution in [2.45, 2.75) is 39.2 Å². The van der Waals surface area contributed by atoms with Gasteiger partial charge >= 0.3 is 0 Å². The quantitative estimate of drug-likeness (QED) is 0.839. The topological polar surface area (TPSA) is 44.8 Å². The zero-order valence-corrected chi connectivity index (χ0v) is 13.9. The third-order valence-corrected chi connectivity index (χ3v) is 4.65. The molecule has 0 aromatic carbocycles. The van der Waals surface area contributed by atoms with E-state index in [0.29, 0.717) is 0 Å². The minimum absolute atomic E-state index is 0.202. The summed E-state index contributed by atoms with van der Waals surface area (Å²) in [6.07, 6.45) is 1.97. The number of ether oxygens (including phenoxy) is 1. The van der Waals surface area contributed by atoms with Gasteiger partial charge in [-0.2, -0.15) is 0 Å². The van der Waals surface area contributed by atoms with Gasteiger partial charge in [-0.3, -0.25) is 14.6 Å². The molecule has 2 heterocycles. The lowest BCUT2D eigenvalue weighted by Crippen LogP contribution is -2.49. The van der Waals surface area contributed by atoms with Gasteiger partial charge in [0.1, 0.15) is 0 Å². The van der Waals surface area contributed by atoms with Crippen molar-refractivity contribution in [3.05, 3.63) is 0 Å². The number of nitrogens with zero attached hydrogens (tertiary/aromatic N) is 2. The summed E-state index contributed by atoms with van der Waals surface area (Å²) in [5, 5.41) is 3.11. The van der Waals surface area contributed by atoms with Crippen molar-refractivity contribution in [3.63, 3.8) is 0 Å². The van der Waals surface area contributed by atoms with E-state index >= 15 is 0 Å². The Labute approximate surface area is 129 Å². The summed E-state index contributed by atoms with van der Waals surface area (Å²) in [5.74, 6) is 0.449. The molecule has 2 rings (SSSR count). The van der Waals surface area contributed by atoms with Gasteiger partial charge in [0.15, 0.2) is 0 Å². The smallest absolute Gasteiger partial charge is 0.223 e. The molecule has 2 aliphatic heterocycles. The molecule has 2 aliphatic rings. The standard InChI is InChI=1S/C16H31N3O2/c1-16(2,3)19-7-4-14(5-8-19)15(20)17-6-9-18-10-12-21-13-11-18/h14H,4-13H2,1-3H3,(H,17,20). The van der Waals surface area contributed by atoms with Crippen molar-refractivity contribution < 1.29 is 9.53 Å². The number of carbonyl (C=O) groups is 1. The molecule has 0 aromatic rings. The van der Waals surface area contributed by atoms with E-state index in [-0.39, 0.29) is 17.4 Å². The molecule has 0 atom stereocenters. The number of carbonyl (C=O) groups excluding carboxylic acids is 1. The number of hydrogen-bond acceptors (Lipinski definition) is 4. The highest BCUT2D eigenvalue weighted by atomic mass is 16.5. The first-order valence-corrected chi connectivity index (χ1v) is 8.29. The van der Waals surface area contributed by atoms with Gasteiger partial charge in [-0.15, -0.1) is 0 Å². The van der Waals surface area contributed by atoms with E-state index in [1.54, 1.807) is 0 Å². The van der Waals surface area contributed by atoms with Crippen LogP contribution in [0.1, 0.15) is 33.6 Å². The van der Waals surface area contributed by atoms with Gasteiger partial charge in [0.05, 0.1) is 13.2 Å². The number of morpholine rings is 1. The van der Waals surface area contributed by atoms with Crippen molar-refractivity contribution in [1.82, 2.24) is 15.1 Å². The molecule has 5 nitrogen and oxygen atoms in total. The Morgan fingerprint density at radius 2 is 1.76 bits per heavy atom. The lowest BCUT2D eigenvalue weighted by Gasteiger charge is -2.40. The molecule has 0 spiro atoms. The predicted molar refractivity (Wildman–Crippen MR) is 84.3 cm³/mol. The van der Waals surface area contributed by atoms with Gasteiger partial charge in [0.25, 0.3) is 0 Å². The molecule has 0 aromatic heterocycles. The fourth-order valence-corrected chi connectivity index (χ4v) is 3.12. The molecule has 0 unspecified atom stereocenters. The monoisotopic (exact) mass is 297 g/mol. The van der Waals surface area contributed by atoms with Crippen LogP contribution in [-0.2, 0) is 9.53 Å². The number of likely N-dealkylation sites (tertiary alicyclic amines) is 1. The molecule has 0 radical (unpaired) electrons. The van der Waals surface area contributed by atoms with E-state index in [4.69, 9.17) is 4.74 Å². The van der Waals surface area contributed by atoms with Crippen LogP contribution in [0, 0.1) is 5.92 Å². The Morgan fingerprint density at radius 3 is 2.33 bits per heavy atom. The normalized spacial score (nSPS) is 23.2. The molecular formula is C16H31N3O2. The van der Waals surface area contributed by atoms with Gasteiger partial charge in [-0.25, -0.2) is 0 Å². The Hall–Kier alpha value is -0.650. The molecule has 2 saturated heterocycles. The van der Waals surface area contributed by atoms with E-state index in [2.05, 4.69) is 35.9 Å². The van der Waals surface area contributed by atoms with Gasteiger partial charge in [-0.05, 0) is 46.7 Å². The van der Waals surface area contributed by atoms with E-state index in [1.807, 2.05) is 0 Å². The summed E-state index contributed by atoms with van der Waals surface area (Å²) >= 11 is 0. The largest absolute Gasteiger partial charge is 0.379 e. The molecule has 2 fully saturated rings. The van der Waals surface area contributed by atoms with Crippen LogP contribution >= 0.6 is 0 Å². The van der Waals surface area contributed by atoms with Crippen molar-refractivity contribution in [2.24, 2.45) is 5.92 Å². The fourth-order valence-electron chi connectivity index (χ4n) is 3.12. The van der Waals surface area contributed by atoms with E-state index in [1.165, 1.54) is 0 Å². The third kappa shape index (κ3) is 5.24. The van der Waals surface area contributed by atoms with Crippen LogP contribution < -0.4 is 5.32 Å². The van der Waals surface area contributed by atoms with Gasteiger partial charge < -0.3 is 10.1 Å². The highest BCUT2D eigenvalue weighted by Crippen LogP contribution is 2.23. The first-order chi connectivity index (χ1) is 9.97. The Bertz CT molecular complexity index is 327. The maximum absolute atomic E-state index is 12.2. The lowest BCUT2D eigenvalue weighted by atomic mass is 9.92. The van der Waals surface area contributed by atoms with E-state index < -0.39 is 0 Å². The molecule has 0 bridgehead atoms. The highest BCUT2D eigenvalue weighted by Gasteiger charge is 2.29. The van der Waals surface area contributed by atoms with Crippen molar-refractivity contribution in [1.29, 1.82) is 0 Å². The van der Waals surface area contributed by atoms with Crippen LogP contribution in [-0.4, -0.2) is 73.7 Å². The molecule has 21 heavy (non-hydrogen) atoms. The summed E-state index contributed by atoms with van der Waals surface area (Å²) in [6.45, 7) is 14.1. The Balaban J connectivity index is 1.63. The third-order valence-electron chi connectivity index (χ3n) is 4.65. The van der Waals surface area contributed by atoms with Gasteiger partial charge in [0, 0.05) is 37.6 Å². The van der Waals surface area contributed by atoms with Crippen LogP contribution in [0.15, 0.2) is 0 Å². The summed E-state index contributed by atoms with van der Waals surface area (Å²) < 4.78 is 5.33. The fraction of sp³-hybridized carbons (Fsp3) is 0.938. The summed E-state index contributed by atoms with van der Waals surface area (Å²) in [5.41, 5.74) is 0.220. The molecule has 1 amide bonds. The molecule has 1 N–H and O–H groups in total. The predicted octanol–water partition coefficient (Wildman–Crippen LogP) is 0.945. The molecule has 0 saturated carbocycles. The maximum Gasteiger partial charge on any atom is 0.223 e. The number of piperidine rings is 1. The second-order valence-corrected chi connectivity index (χ2v) is 7.18.